The van der Waals surface area contributed by atoms with Crippen LogP contribution in [-0.4, -0.2) is 15.5 Å². The monoisotopic (exact) mass is 249 g/mol. The average molecular weight is 249 g/mol. The first-order valence-electron chi connectivity index (χ1n) is 6.79. The van der Waals surface area contributed by atoms with Crippen LogP contribution in [0, 0.1) is 0 Å². The Morgan fingerprint density at radius 1 is 1.39 bits per heavy atom. The molecule has 0 atom stereocenters. The van der Waals surface area contributed by atoms with Gasteiger partial charge in [0.1, 0.15) is 5.82 Å². The predicted molar refractivity (Wildman–Crippen MR) is 72.7 cm³/mol. The fraction of sp³-hybridized carbons (Fsp3) is 0.714. The maximum Gasteiger partial charge on any atom is 0.251 e. The van der Waals surface area contributed by atoms with Crippen molar-refractivity contribution in [2.75, 3.05) is 0 Å². The van der Waals surface area contributed by atoms with Gasteiger partial charge in [0.15, 0.2) is 0 Å². The van der Waals surface area contributed by atoms with Crippen LogP contribution in [0.25, 0.3) is 0 Å². The van der Waals surface area contributed by atoms with E-state index < -0.39 is 0 Å². The van der Waals surface area contributed by atoms with Crippen LogP contribution in [0.3, 0.4) is 0 Å². The minimum Gasteiger partial charge on any atom is -0.310 e. The molecular weight excluding hydrogens is 226 g/mol. The third kappa shape index (κ3) is 3.67. The molecular formula is C14H23N3O. The van der Waals surface area contributed by atoms with Crippen molar-refractivity contribution < 1.29 is 0 Å². The molecule has 0 unspecified atom stereocenters. The standard InChI is InChI=1S/C14H23N3O/c1-14(2,3)15-9-11-8-12(18)17-13(16-11)10-6-4-5-7-10/h8,10,15H,4-7,9H2,1-3H3,(H,16,17,18). The second-order valence-corrected chi connectivity index (χ2v) is 6.21. The number of H-pyrrole nitrogens is 1. The van der Waals surface area contributed by atoms with E-state index in [1.165, 1.54) is 12.8 Å². The molecule has 0 amide bonds. The summed E-state index contributed by atoms with van der Waals surface area (Å²) >= 11 is 0. The summed E-state index contributed by atoms with van der Waals surface area (Å²) in [5.74, 6) is 1.33. The first-order chi connectivity index (χ1) is 8.44. The van der Waals surface area contributed by atoms with Crippen molar-refractivity contribution in [2.45, 2.75) is 64.5 Å². The van der Waals surface area contributed by atoms with Gasteiger partial charge < -0.3 is 10.3 Å². The molecule has 4 heteroatoms. The van der Waals surface area contributed by atoms with Gasteiger partial charge in [-0.05, 0) is 33.6 Å². The van der Waals surface area contributed by atoms with Gasteiger partial charge >= 0.3 is 0 Å². The number of rotatable bonds is 3. The molecule has 0 bridgehead atoms. The highest BCUT2D eigenvalue weighted by molar-refractivity contribution is 5.07. The molecule has 1 heterocycles. The lowest BCUT2D eigenvalue weighted by Crippen LogP contribution is -2.35. The van der Waals surface area contributed by atoms with E-state index in [2.05, 4.69) is 36.1 Å². The number of aromatic nitrogens is 2. The Kier molecular flexibility index (Phi) is 3.85. The van der Waals surface area contributed by atoms with E-state index in [-0.39, 0.29) is 11.1 Å². The van der Waals surface area contributed by atoms with Crippen molar-refractivity contribution in [3.63, 3.8) is 0 Å². The van der Waals surface area contributed by atoms with Crippen LogP contribution in [0.15, 0.2) is 10.9 Å². The summed E-state index contributed by atoms with van der Waals surface area (Å²) in [6.45, 7) is 6.97. The first kappa shape index (κ1) is 13.3. The van der Waals surface area contributed by atoms with Crippen LogP contribution >= 0.6 is 0 Å². The van der Waals surface area contributed by atoms with Crippen molar-refractivity contribution in [2.24, 2.45) is 0 Å². The van der Waals surface area contributed by atoms with Gasteiger partial charge in [0, 0.05) is 24.1 Å². The third-order valence-corrected chi connectivity index (χ3v) is 3.35. The molecule has 4 nitrogen and oxygen atoms in total. The Bertz CT molecular complexity index is 453. The second kappa shape index (κ2) is 5.22. The predicted octanol–water partition coefficient (Wildman–Crippen LogP) is 2.32. The molecule has 0 radical (unpaired) electrons. The van der Waals surface area contributed by atoms with E-state index in [0.717, 1.165) is 24.4 Å². The van der Waals surface area contributed by atoms with Crippen molar-refractivity contribution in [1.29, 1.82) is 0 Å². The van der Waals surface area contributed by atoms with Gasteiger partial charge in [0.25, 0.3) is 5.56 Å². The summed E-state index contributed by atoms with van der Waals surface area (Å²) in [5.41, 5.74) is 0.853. The SMILES string of the molecule is CC(C)(C)NCc1cc(=O)[nH]c(C2CCCC2)n1. The van der Waals surface area contributed by atoms with E-state index in [4.69, 9.17) is 0 Å². The molecule has 0 saturated heterocycles. The Labute approximate surface area is 108 Å². The minimum atomic E-state index is -0.0300. The van der Waals surface area contributed by atoms with Crippen LogP contribution in [0.1, 0.15) is 63.9 Å². The van der Waals surface area contributed by atoms with Crippen molar-refractivity contribution >= 4 is 0 Å². The quantitative estimate of drug-likeness (QED) is 0.864. The number of nitrogens with zero attached hydrogens (tertiary/aromatic N) is 1. The summed E-state index contributed by atoms with van der Waals surface area (Å²) in [6.07, 6.45) is 4.80. The van der Waals surface area contributed by atoms with Gasteiger partial charge in [-0.15, -0.1) is 0 Å². The van der Waals surface area contributed by atoms with Crippen molar-refractivity contribution in [3.8, 4) is 0 Å². The molecule has 0 aromatic carbocycles. The third-order valence-electron chi connectivity index (χ3n) is 3.35. The molecule has 1 saturated carbocycles. The smallest absolute Gasteiger partial charge is 0.251 e. The molecule has 2 rings (SSSR count). The highest BCUT2D eigenvalue weighted by Crippen LogP contribution is 2.31. The van der Waals surface area contributed by atoms with Gasteiger partial charge in [-0.2, -0.15) is 0 Å². The topological polar surface area (TPSA) is 57.8 Å². The molecule has 1 aromatic heterocycles. The fourth-order valence-electron chi connectivity index (χ4n) is 2.37. The number of nitrogens with one attached hydrogen (secondary N) is 2. The molecule has 0 aliphatic heterocycles. The maximum absolute atomic E-state index is 11.7. The van der Waals surface area contributed by atoms with E-state index in [0.29, 0.717) is 12.5 Å². The Balaban J connectivity index is 2.13. The van der Waals surface area contributed by atoms with E-state index >= 15 is 0 Å². The minimum absolute atomic E-state index is 0.0300. The van der Waals surface area contributed by atoms with E-state index in [9.17, 15) is 4.79 Å². The molecule has 100 valence electrons. The summed E-state index contributed by atoms with van der Waals surface area (Å²) in [5, 5.41) is 3.37. The molecule has 1 aliphatic rings. The normalized spacial score (nSPS) is 17.3. The van der Waals surface area contributed by atoms with E-state index in [1.807, 2.05) is 0 Å². The van der Waals surface area contributed by atoms with Crippen molar-refractivity contribution in [1.82, 2.24) is 15.3 Å². The van der Waals surface area contributed by atoms with Crippen LogP contribution in [0.4, 0.5) is 0 Å². The summed E-state index contributed by atoms with van der Waals surface area (Å²) < 4.78 is 0. The first-order valence-corrected chi connectivity index (χ1v) is 6.79. The lowest BCUT2D eigenvalue weighted by atomic mass is 10.1. The highest BCUT2D eigenvalue weighted by atomic mass is 16.1. The van der Waals surface area contributed by atoms with Crippen LogP contribution in [-0.2, 0) is 6.54 Å². The molecule has 1 fully saturated rings. The van der Waals surface area contributed by atoms with Crippen LogP contribution < -0.4 is 10.9 Å². The largest absolute Gasteiger partial charge is 0.310 e. The van der Waals surface area contributed by atoms with Gasteiger partial charge in [-0.3, -0.25) is 4.79 Å². The van der Waals surface area contributed by atoms with Gasteiger partial charge in [-0.1, -0.05) is 12.8 Å². The Morgan fingerprint density at radius 2 is 2.06 bits per heavy atom. The van der Waals surface area contributed by atoms with Crippen LogP contribution in [0.2, 0.25) is 0 Å². The van der Waals surface area contributed by atoms with Gasteiger partial charge in [0.2, 0.25) is 0 Å². The van der Waals surface area contributed by atoms with Crippen LogP contribution in [0.5, 0.6) is 0 Å². The molecule has 1 aliphatic carbocycles. The number of hydrogen-bond donors (Lipinski definition) is 2. The maximum atomic E-state index is 11.7. The number of aromatic amines is 1. The average Bonchev–Trinajstić information content (AvgIpc) is 2.78. The van der Waals surface area contributed by atoms with Gasteiger partial charge in [0.05, 0.1) is 5.69 Å². The zero-order valence-electron chi connectivity index (χ0n) is 11.5. The molecule has 2 N–H and O–H groups in total. The molecule has 0 spiro atoms. The highest BCUT2D eigenvalue weighted by Gasteiger charge is 2.20. The summed E-state index contributed by atoms with van der Waals surface area (Å²) in [4.78, 5) is 19.2. The molecule has 18 heavy (non-hydrogen) atoms. The lowest BCUT2D eigenvalue weighted by molar-refractivity contribution is 0.420. The molecule has 1 aromatic rings. The summed E-state index contributed by atoms with van der Waals surface area (Å²) in [6, 6.07) is 1.59. The van der Waals surface area contributed by atoms with Crippen molar-refractivity contribution in [3.05, 3.63) is 27.9 Å². The lowest BCUT2D eigenvalue weighted by Gasteiger charge is -2.20. The Hall–Kier alpha value is -1.16. The second-order valence-electron chi connectivity index (χ2n) is 6.21. The Morgan fingerprint density at radius 3 is 2.67 bits per heavy atom. The van der Waals surface area contributed by atoms with E-state index in [1.54, 1.807) is 6.07 Å². The summed E-state index contributed by atoms with van der Waals surface area (Å²) in [7, 11) is 0. The zero-order valence-corrected chi connectivity index (χ0v) is 11.5. The fourth-order valence-corrected chi connectivity index (χ4v) is 2.37. The van der Waals surface area contributed by atoms with Gasteiger partial charge in [-0.25, -0.2) is 4.98 Å². The number of hydrogen-bond acceptors (Lipinski definition) is 3. The zero-order chi connectivity index (χ0) is 13.2.